The summed E-state index contributed by atoms with van der Waals surface area (Å²) >= 11 is 1.77. The van der Waals surface area contributed by atoms with Crippen molar-refractivity contribution in [3.05, 3.63) is 63.5 Å². The first-order valence-corrected chi connectivity index (χ1v) is 10.8. The lowest BCUT2D eigenvalue weighted by Gasteiger charge is -2.30. The molecule has 29 heavy (non-hydrogen) atoms. The van der Waals surface area contributed by atoms with Crippen LogP contribution in [-0.2, 0) is 13.0 Å². The number of amides is 2. The number of aryl methyl sites for hydroxylation is 2. The molecular weight excluding hydrogens is 382 g/mol. The van der Waals surface area contributed by atoms with Crippen molar-refractivity contribution in [3.63, 3.8) is 0 Å². The molecular formula is C22H27N5OS. The normalized spacial score (nSPS) is 15.6. The van der Waals surface area contributed by atoms with E-state index in [1.54, 1.807) is 16.2 Å². The highest BCUT2D eigenvalue weighted by atomic mass is 32.1. The van der Waals surface area contributed by atoms with E-state index < -0.39 is 0 Å². The molecule has 0 saturated carbocycles. The predicted octanol–water partition coefficient (Wildman–Crippen LogP) is 4.48. The van der Waals surface area contributed by atoms with E-state index in [1.165, 1.54) is 21.6 Å². The standard InChI is InChI=1S/C22H27N5OS/c1-6-25(5)22(28)26-13-19-18(12-17-10-8-7-9-11-17)15(3)29-21(19)27-16(4)23-24-20(27)14(26)2/h7-11,14H,6,12-13H2,1-5H3/t14-/m0/s1. The van der Waals surface area contributed by atoms with Gasteiger partial charge >= 0.3 is 6.03 Å². The van der Waals surface area contributed by atoms with Crippen molar-refractivity contribution in [2.75, 3.05) is 13.6 Å². The summed E-state index contributed by atoms with van der Waals surface area (Å²) in [5.41, 5.74) is 3.79. The van der Waals surface area contributed by atoms with E-state index in [9.17, 15) is 4.79 Å². The Kier molecular flexibility index (Phi) is 5.17. The Balaban J connectivity index is 1.87. The van der Waals surface area contributed by atoms with E-state index in [0.29, 0.717) is 13.1 Å². The summed E-state index contributed by atoms with van der Waals surface area (Å²) in [7, 11) is 1.85. The lowest BCUT2D eigenvalue weighted by molar-refractivity contribution is 0.142. The van der Waals surface area contributed by atoms with E-state index in [0.717, 1.165) is 23.1 Å². The molecule has 0 saturated heterocycles. The molecule has 1 atom stereocenters. The maximum atomic E-state index is 13.2. The third-order valence-corrected chi connectivity index (χ3v) is 6.97. The van der Waals surface area contributed by atoms with E-state index in [-0.39, 0.29) is 12.1 Å². The third kappa shape index (κ3) is 3.33. The fraction of sp³-hybridized carbons (Fsp3) is 0.409. The smallest absolute Gasteiger partial charge is 0.320 e. The van der Waals surface area contributed by atoms with Crippen LogP contribution in [0.3, 0.4) is 0 Å². The summed E-state index contributed by atoms with van der Waals surface area (Å²) in [6.07, 6.45) is 0.856. The molecule has 7 heteroatoms. The van der Waals surface area contributed by atoms with Crippen molar-refractivity contribution in [3.8, 4) is 5.00 Å². The van der Waals surface area contributed by atoms with Crippen molar-refractivity contribution < 1.29 is 4.79 Å². The molecule has 152 valence electrons. The molecule has 1 aromatic carbocycles. The van der Waals surface area contributed by atoms with Crippen LogP contribution in [0.2, 0.25) is 0 Å². The Morgan fingerprint density at radius 2 is 1.97 bits per heavy atom. The van der Waals surface area contributed by atoms with Gasteiger partial charge in [0.2, 0.25) is 0 Å². The molecule has 0 unspecified atom stereocenters. The van der Waals surface area contributed by atoms with Gasteiger partial charge in [-0.25, -0.2) is 4.79 Å². The summed E-state index contributed by atoms with van der Waals surface area (Å²) < 4.78 is 2.14. The minimum Gasteiger partial charge on any atom is -0.328 e. The van der Waals surface area contributed by atoms with Crippen LogP contribution in [0, 0.1) is 13.8 Å². The van der Waals surface area contributed by atoms with E-state index >= 15 is 0 Å². The second-order valence-electron chi connectivity index (χ2n) is 7.62. The minimum atomic E-state index is -0.151. The van der Waals surface area contributed by atoms with Crippen molar-refractivity contribution in [2.24, 2.45) is 0 Å². The largest absolute Gasteiger partial charge is 0.328 e. The Bertz CT molecular complexity index is 1040. The highest BCUT2D eigenvalue weighted by molar-refractivity contribution is 7.14. The molecule has 2 amide bonds. The number of thiophene rings is 1. The molecule has 3 aromatic rings. The zero-order valence-corrected chi connectivity index (χ0v) is 18.5. The van der Waals surface area contributed by atoms with Gasteiger partial charge in [0.15, 0.2) is 5.82 Å². The number of nitrogens with zero attached hydrogens (tertiary/aromatic N) is 5. The van der Waals surface area contributed by atoms with Gasteiger partial charge in [-0.15, -0.1) is 21.5 Å². The molecule has 2 aromatic heterocycles. The van der Waals surface area contributed by atoms with Gasteiger partial charge in [-0.3, -0.25) is 4.57 Å². The molecule has 6 nitrogen and oxygen atoms in total. The number of fused-ring (bicyclic) bond motifs is 3. The molecule has 1 aliphatic rings. The number of carbonyl (C=O) groups excluding carboxylic acids is 1. The van der Waals surface area contributed by atoms with Gasteiger partial charge < -0.3 is 9.80 Å². The highest BCUT2D eigenvalue weighted by Gasteiger charge is 2.35. The van der Waals surface area contributed by atoms with Gasteiger partial charge in [0.1, 0.15) is 10.8 Å². The van der Waals surface area contributed by atoms with Crippen LogP contribution in [0.4, 0.5) is 4.79 Å². The van der Waals surface area contributed by atoms with Gasteiger partial charge in [-0.2, -0.15) is 0 Å². The van der Waals surface area contributed by atoms with Gasteiger partial charge in [-0.05, 0) is 45.2 Å². The van der Waals surface area contributed by atoms with Crippen LogP contribution in [0.1, 0.15) is 53.1 Å². The third-order valence-electron chi connectivity index (χ3n) is 5.79. The molecule has 0 N–H and O–H groups in total. The first kappa shape index (κ1) is 19.6. The van der Waals surface area contributed by atoms with Crippen LogP contribution in [-0.4, -0.2) is 44.2 Å². The molecule has 3 heterocycles. The first-order valence-electron chi connectivity index (χ1n) is 10.0. The molecule has 0 radical (unpaired) electrons. The van der Waals surface area contributed by atoms with Crippen molar-refractivity contribution in [1.82, 2.24) is 24.6 Å². The van der Waals surface area contributed by atoms with Crippen LogP contribution < -0.4 is 0 Å². The second kappa shape index (κ2) is 7.63. The SMILES string of the molecule is CCN(C)C(=O)N1Cc2c(sc(C)c2Cc2ccccc2)-n2c(C)nnc2[C@@H]1C. The van der Waals surface area contributed by atoms with E-state index in [1.807, 2.05) is 38.8 Å². The van der Waals surface area contributed by atoms with Crippen LogP contribution in [0.25, 0.3) is 5.00 Å². The van der Waals surface area contributed by atoms with E-state index in [4.69, 9.17) is 0 Å². The molecule has 0 aliphatic carbocycles. The maximum Gasteiger partial charge on any atom is 0.320 e. The zero-order chi connectivity index (χ0) is 20.7. The van der Waals surface area contributed by atoms with Gasteiger partial charge in [-0.1, -0.05) is 30.3 Å². The fourth-order valence-electron chi connectivity index (χ4n) is 3.92. The zero-order valence-electron chi connectivity index (χ0n) is 17.6. The average Bonchev–Trinajstić information content (AvgIpc) is 3.21. The number of benzene rings is 1. The summed E-state index contributed by atoms with van der Waals surface area (Å²) in [5.74, 6) is 1.69. The first-order chi connectivity index (χ1) is 13.9. The average molecular weight is 410 g/mol. The number of carbonyl (C=O) groups is 1. The number of urea groups is 1. The summed E-state index contributed by atoms with van der Waals surface area (Å²) in [6.45, 7) is 9.43. The van der Waals surface area contributed by atoms with Gasteiger partial charge in [0, 0.05) is 24.0 Å². The molecule has 4 rings (SSSR count). The van der Waals surface area contributed by atoms with Crippen LogP contribution in [0.15, 0.2) is 30.3 Å². The lowest BCUT2D eigenvalue weighted by atomic mass is 10.0. The summed E-state index contributed by atoms with van der Waals surface area (Å²) in [4.78, 5) is 18.2. The van der Waals surface area contributed by atoms with Crippen LogP contribution >= 0.6 is 11.3 Å². The van der Waals surface area contributed by atoms with E-state index in [2.05, 4.69) is 46.0 Å². The monoisotopic (exact) mass is 409 g/mol. The quantitative estimate of drug-likeness (QED) is 0.641. The Hall–Kier alpha value is -2.67. The predicted molar refractivity (Wildman–Crippen MR) is 116 cm³/mol. The number of hydrogen-bond acceptors (Lipinski definition) is 4. The Morgan fingerprint density at radius 3 is 2.66 bits per heavy atom. The highest BCUT2D eigenvalue weighted by Crippen LogP contribution is 2.40. The number of hydrogen-bond donors (Lipinski definition) is 0. The van der Waals surface area contributed by atoms with Crippen molar-refractivity contribution in [1.29, 1.82) is 0 Å². The molecule has 0 bridgehead atoms. The van der Waals surface area contributed by atoms with Crippen LogP contribution in [0.5, 0.6) is 0 Å². The second-order valence-corrected chi connectivity index (χ2v) is 8.83. The summed E-state index contributed by atoms with van der Waals surface area (Å²) in [5, 5.41) is 9.93. The number of aromatic nitrogens is 3. The molecule has 0 spiro atoms. The van der Waals surface area contributed by atoms with Gasteiger partial charge in [0.05, 0.1) is 12.6 Å². The number of rotatable bonds is 3. The Labute approximate surface area is 175 Å². The lowest BCUT2D eigenvalue weighted by Crippen LogP contribution is -2.42. The summed E-state index contributed by atoms with van der Waals surface area (Å²) in [6, 6.07) is 10.4. The topological polar surface area (TPSA) is 54.3 Å². The van der Waals surface area contributed by atoms with Crippen molar-refractivity contribution >= 4 is 17.4 Å². The molecule has 1 aliphatic heterocycles. The fourth-order valence-corrected chi connectivity index (χ4v) is 5.16. The minimum absolute atomic E-state index is 0.0227. The maximum absolute atomic E-state index is 13.2. The van der Waals surface area contributed by atoms with Crippen molar-refractivity contribution in [2.45, 2.75) is 46.7 Å². The molecule has 0 fully saturated rings. The Morgan fingerprint density at radius 1 is 1.24 bits per heavy atom. The van der Waals surface area contributed by atoms with Gasteiger partial charge in [0.25, 0.3) is 0 Å².